The molecule has 1 aromatic carbocycles. The van der Waals surface area contributed by atoms with E-state index in [0.29, 0.717) is 5.92 Å². The molecule has 3 heterocycles. The maximum absolute atomic E-state index is 4.73. The molecule has 1 spiro atoms. The van der Waals surface area contributed by atoms with E-state index in [4.69, 9.17) is 4.98 Å². The van der Waals surface area contributed by atoms with Crippen LogP contribution in [0.2, 0.25) is 0 Å². The Balaban J connectivity index is 1.41. The highest BCUT2D eigenvalue weighted by Gasteiger charge is 2.43. The molecular weight excluding hydrogens is 346 g/mol. The van der Waals surface area contributed by atoms with Crippen LogP contribution in [0.15, 0.2) is 24.5 Å². The molecule has 0 bridgehead atoms. The van der Waals surface area contributed by atoms with Gasteiger partial charge in [0, 0.05) is 48.5 Å². The van der Waals surface area contributed by atoms with Crippen molar-refractivity contribution >= 4 is 11.5 Å². The lowest BCUT2D eigenvalue weighted by Gasteiger charge is -2.41. The summed E-state index contributed by atoms with van der Waals surface area (Å²) in [5.41, 5.74) is 7.33. The lowest BCUT2D eigenvalue weighted by Crippen LogP contribution is -2.45. The van der Waals surface area contributed by atoms with Crippen LogP contribution in [0.1, 0.15) is 61.4 Å². The first kappa shape index (κ1) is 17.9. The minimum absolute atomic E-state index is 0.264. The largest absolute Gasteiger partial charge is 0.384 e. The number of fused-ring (bicyclic) bond motifs is 3. The highest BCUT2D eigenvalue weighted by molar-refractivity contribution is 5.64. The Morgan fingerprint density at radius 3 is 2.93 bits per heavy atom. The lowest BCUT2D eigenvalue weighted by atomic mass is 9.72. The van der Waals surface area contributed by atoms with Crippen molar-refractivity contribution in [2.24, 2.45) is 0 Å². The third-order valence-corrected chi connectivity index (χ3v) is 7.14. The van der Waals surface area contributed by atoms with Gasteiger partial charge in [-0.1, -0.05) is 26.0 Å². The van der Waals surface area contributed by atoms with Gasteiger partial charge in [0.2, 0.25) is 0 Å². The second kappa shape index (κ2) is 7.03. The predicted octanol–water partition coefficient (Wildman–Crippen LogP) is 3.60. The van der Waals surface area contributed by atoms with Gasteiger partial charge in [0.05, 0.1) is 0 Å². The van der Waals surface area contributed by atoms with E-state index >= 15 is 0 Å². The molecule has 148 valence electrons. The van der Waals surface area contributed by atoms with Crippen LogP contribution < -0.4 is 15.5 Å². The number of piperidine rings is 1. The van der Waals surface area contributed by atoms with E-state index in [0.717, 1.165) is 39.1 Å². The number of hydrogen-bond acceptors (Lipinski definition) is 5. The van der Waals surface area contributed by atoms with E-state index in [2.05, 4.69) is 52.6 Å². The van der Waals surface area contributed by atoms with Gasteiger partial charge in [-0.25, -0.2) is 9.97 Å². The van der Waals surface area contributed by atoms with E-state index in [1.54, 1.807) is 11.9 Å². The molecule has 1 aromatic heterocycles. The topological polar surface area (TPSA) is 53.1 Å². The lowest BCUT2D eigenvalue weighted by molar-refractivity contribution is 0.357. The molecule has 3 aliphatic rings. The van der Waals surface area contributed by atoms with Gasteiger partial charge < -0.3 is 15.5 Å². The first-order valence-corrected chi connectivity index (χ1v) is 10.9. The number of nitrogens with one attached hydrogen (secondary N) is 2. The van der Waals surface area contributed by atoms with Gasteiger partial charge in [0.15, 0.2) is 0 Å². The molecule has 1 unspecified atom stereocenters. The summed E-state index contributed by atoms with van der Waals surface area (Å²) in [5, 5.41) is 7.24. The fraction of sp³-hybridized carbons (Fsp3) is 0.565. The highest BCUT2D eigenvalue weighted by Crippen LogP contribution is 2.47. The summed E-state index contributed by atoms with van der Waals surface area (Å²) in [6, 6.07) is 6.75. The number of anilines is 2. The fourth-order valence-corrected chi connectivity index (χ4v) is 5.58. The van der Waals surface area contributed by atoms with Crippen molar-refractivity contribution in [2.45, 2.75) is 57.4 Å². The van der Waals surface area contributed by atoms with E-state index in [9.17, 15) is 0 Å². The molecule has 1 atom stereocenters. The van der Waals surface area contributed by atoms with Crippen LogP contribution in [0.3, 0.4) is 0 Å². The SMILES string of the molecule is CCNCc1cccc2c1C1(CCN(c3ncnc4c3C(C)CC4)CC1)CN2. The fourth-order valence-electron chi connectivity index (χ4n) is 5.58. The highest BCUT2D eigenvalue weighted by atomic mass is 15.2. The van der Waals surface area contributed by atoms with Crippen LogP contribution in [0.4, 0.5) is 11.5 Å². The Morgan fingerprint density at radius 1 is 1.25 bits per heavy atom. The van der Waals surface area contributed by atoms with Crippen molar-refractivity contribution in [2.75, 3.05) is 36.4 Å². The maximum Gasteiger partial charge on any atom is 0.135 e. The zero-order valence-electron chi connectivity index (χ0n) is 17.1. The molecule has 1 fully saturated rings. The summed E-state index contributed by atoms with van der Waals surface area (Å²) in [7, 11) is 0. The molecule has 0 saturated carbocycles. The van der Waals surface area contributed by atoms with Gasteiger partial charge in [-0.15, -0.1) is 0 Å². The number of benzene rings is 1. The molecule has 5 heteroatoms. The summed E-state index contributed by atoms with van der Waals surface area (Å²) in [4.78, 5) is 11.8. The summed E-state index contributed by atoms with van der Waals surface area (Å²) >= 11 is 0. The summed E-state index contributed by atoms with van der Waals surface area (Å²) in [6.45, 7) is 9.70. The van der Waals surface area contributed by atoms with Crippen LogP contribution in [0, 0.1) is 0 Å². The third-order valence-electron chi connectivity index (χ3n) is 7.14. The van der Waals surface area contributed by atoms with Crippen molar-refractivity contribution in [3.8, 4) is 0 Å². The average molecular weight is 378 g/mol. The molecule has 0 radical (unpaired) electrons. The number of aryl methyl sites for hydroxylation is 1. The van der Waals surface area contributed by atoms with Crippen LogP contribution in [-0.4, -0.2) is 36.1 Å². The maximum atomic E-state index is 4.73. The molecule has 2 aliphatic heterocycles. The normalized spacial score (nSPS) is 22.2. The molecule has 2 N–H and O–H groups in total. The number of rotatable bonds is 4. The van der Waals surface area contributed by atoms with Gasteiger partial charge in [0.25, 0.3) is 0 Å². The Morgan fingerprint density at radius 2 is 2.11 bits per heavy atom. The van der Waals surface area contributed by atoms with Gasteiger partial charge in [0.1, 0.15) is 12.1 Å². The van der Waals surface area contributed by atoms with Crippen molar-refractivity contribution in [3.63, 3.8) is 0 Å². The Labute approximate surface area is 168 Å². The van der Waals surface area contributed by atoms with E-state index in [1.165, 1.54) is 47.6 Å². The van der Waals surface area contributed by atoms with E-state index < -0.39 is 0 Å². The van der Waals surface area contributed by atoms with Crippen LogP contribution in [0.25, 0.3) is 0 Å². The van der Waals surface area contributed by atoms with Crippen LogP contribution >= 0.6 is 0 Å². The van der Waals surface area contributed by atoms with E-state index in [1.807, 2.05) is 0 Å². The quantitative estimate of drug-likeness (QED) is 0.853. The molecule has 0 amide bonds. The summed E-state index contributed by atoms with van der Waals surface area (Å²) in [6.07, 6.45) is 6.46. The van der Waals surface area contributed by atoms with Crippen molar-refractivity contribution in [1.29, 1.82) is 0 Å². The summed E-state index contributed by atoms with van der Waals surface area (Å²) < 4.78 is 0. The first-order chi connectivity index (χ1) is 13.7. The zero-order valence-corrected chi connectivity index (χ0v) is 17.1. The standard InChI is InChI=1S/C23H31N5/c1-3-24-13-17-5-4-6-19-21(17)23(14-25-19)9-11-28(12-10-23)22-20-16(2)7-8-18(20)26-15-27-22/h4-6,15-16,24-25H,3,7-14H2,1-2H3. The molecule has 1 aliphatic carbocycles. The smallest absolute Gasteiger partial charge is 0.135 e. The molecule has 5 nitrogen and oxygen atoms in total. The van der Waals surface area contributed by atoms with Gasteiger partial charge >= 0.3 is 0 Å². The second-order valence-corrected chi connectivity index (χ2v) is 8.74. The van der Waals surface area contributed by atoms with Crippen molar-refractivity contribution in [3.05, 3.63) is 46.9 Å². The Kier molecular flexibility index (Phi) is 4.50. The second-order valence-electron chi connectivity index (χ2n) is 8.74. The molecule has 2 aromatic rings. The molecular formula is C23H31N5. The number of hydrogen-bond donors (Lipinski definition) is 2. The van der Waals surface area contributed by atoms with Crippen LogP contribution in [0.5, 0.6) is 0 Å². The molecule has 5 rings (SSSR count). The first-order valence-electron chi connectivity index (χ1n) is 10.9. The number of nitrogens with zero attached hydrogens (tertiary/aromatic N) is 3. The molecule has 28 heavy (non-hydrogen) atoms. The Hall–Kier alpha value is -2.14. The average Bonchev–Trinajstić information content (AvgIpc) is 3.29. The number of aromatic nitrogens is 2. The third kappa shape index (κ3) is 2.79. The van der Waals surface area contributed by atoms with Gasteiger partial charge in [-0.3, -0.25) is 0 Å². The Bertz CT molecular complexity index is 869. The minimum atomic E-state index is 0.264. The van der Waals surface area contributed by atoms with E-state index in [-0.39, 0.29) is 5.41 Å². The van der Waals surface area contributed by atoms with Crippen LogP contribution in [-0.2, 0) is 18.4 Å². The monoisotopic (exact) mass is 377 g/mol. The van der Waals surface area contributed by atoms with Crippen molar-refractivity contribution < 1.29 is 0 Å². The predicted molar refractivity (Wildman–Crippen MR) is 114 cm³/mol. The van der Waals surface area contributed by atoms with Gasteiger partial charge in [-0.05, 0) is 55.3 Å². The zero-order chi connectivity index (χ0) is 19.1. The minimum Gasteiger partial charge on any atom is -0.384 e. The molecule has 1 saturated heterocycles. The van der Waals surface area contributed by atoms with Gasteiger partial charge in [-0.2, -0.15) is 0 Å². The summed E-state index contributed by atoms with van der Waals surface area (Å²) in [5.74, 6) is 1.79. The van der Waals surface area contributed by atoms with Crippen molar-refractivity contribution in [1.82, 2.24) is 15.3 Å².